The lowest BCUT2D eigenvalue weighted by Crippen LogP contribution is -2.33. The molecule has 0 saturated carbocycles. The molecule has 0 bridgehead atoms. The van der Waals surface area contributed by atoms with E-state index in [0.29, 0.717) is 17.9 Å². The molecule has 88 valence electrons. The zero-order chi connectivity index (χ0) is 12.3. The quantitative estimate of drug-likeness (QED) is 0.806. The van der Waals surface area contributed by atoms with Crippen molar-refractivity contribution in [2.75, 3.05) is 7.11 Å². The number of aromatic nitrogens is 2. The van der Waals surface area contributed by atoms with Crippen LogP contribution >= 0.6 is 11.6 Å². The van der Waals surface area contributed by atoms with Gasteiger partial charge in [0.25, 0.3) is 0 Å². The van der Waals surface area contributed by atoms with Crippen LogP contribution in [0, 0.1) is 5.41 Å². The van der Waals surface area contributed by atoms with Gasteiger partial charge in [0.1, 0.15) is 0 Å². The van der Waals surface area contributed by atoms with Gasteiger partial charge in [-0.15, -0.1) is 0 Å². The monoisotopic (exact) mass is 243 g/mol. The second-order valence-corrected chi connectivity index (χ2v) is 4.44. The SMILES string of the molecule is COc1nc(Cl)ncc1CC(C)(C)C(N)=O. The minimum Gasteiger partial charge on any atom is -0.481 e. The third-order valence-corrected chi connectivity index (χ3v) is 2.47. The Morgan fingerprint density at radius 2 is 2.25 bits per heavy atom. The van der Waals surface area contributed by atoms with Gasteiger partial charge >= 0.3 is 0 Å². The van der Waals surface area contributed by atoms with Crippen LogP contribution in [0.2, 0.25) is 5.28 Å². The summed E-state index contributed by atoms with van der Waals surface area (Å²) in [6.07, 6.45) is 1.95. The van der Waals surface area contributed by atoms with Gasteiger partial charge in [-0.3, -0.25) is 4.79 Å². The van der Waals surface area contributed by atoms with E-state index in [0.717, 1.165) is 0 Å². The molecule has 0 aliphatic carbocycles. The third kappa shape index (κ3) is 2.82. The maximum absolute atomic E-state index is 11.2. The highest BCUT2D eigenvalue weighted by molar-refractivity contribution is 6.28. The van der Waals surface area contributed by atoms with E-state index in [2.05, 4.69) is 9.97 Å². The van der Waals surface area contributed by atoms with E-state index in [-0.39, 0.29) is 11.2 Å². The molecule has 1 aromatic heterocycles. The van der Waals surface area contributed by atoms with Gasteiger partial charge in [-0.25, -0.2) is 4.98 Å². The van der Waals surface area contributed by atoms with Crippen molar-refractivity contribution >= 4 is 17.5 Å². The molecule has 0 fully saturated rings. The highest BCUT2D eigenvalue weighted by atomic mass is 35.5. The Bertz CT molecular complexity index is 407. The van der Waals surface area contributed by atoms with Crippen molar-refractivity contribution < 1.29 is 9.53 Å². The Morgan fingerprint density at radius 1 is 1.62 bits per heavy atom. The Morgan fingerprint density at radius 3 is 2.75 bits per heavy atom. The van der Waals surface area contributed by atoms with Crippen molar-refractivity contribution in [1.82, 2.24) is 9.97 Å². The molecule has 16 heavy (non-hydrogen) atoms. The standard InChI is InChI=1S/C10H14ClN3O2/c1-10(2,8(12)15)4-6-5-13-9(11)14-7(6)16-3/h5H,4H2,1-3H3,(H2,12,15). The molecule has 0 aromatic carbocycles. The van der Waals surface area contributed by atoms with E-state index < -0.39 is 5.41 Å². The molecular formula is C10H14ClN3O2. The lowest BCUT2D eigenvalue weighted by Gasteiger charge is -2.20. The fourth-order valence-electron chi connectivity index (χ4n) is 1.23. The van der Waals surface area contributed by atoms with Crippen molar-refractivity contribution in [1.29, 1.82) is 0 Å². The van der Waals surface area contributed by atoms with Gasteiger partial charge in [-0.2, -0.15) is 4.98 Å². The first kappa shape index (κ1) is 12.7. The van der Waals surface area contributed by atoms with Crippen LogP contribution in [0.25, 0.3) is 0 Å². The summed E-state index contributed by atoms with van der Waals surface area (Å²) >= 11 is 5.64. The Hall–Kier alpha value is -1.36. The number of carbonyl (C=O) groups is 1. The molecule has 0 radical (unpaired) electrons. The number of primary amides is 1. The molecule has 1 rings (SSSR count). The summed E-state index contributed by atoms with van der Waals surface area (Å²) in [5, 5.41) is 0.109. The summed E-state index contributed by atoms with van der Waals surface area (Å²) in [6, 6.07) is 0. The molecule has 6 heteroatoms. The lowest BCUT2D eigenvalue weighted by molar-refractivity contribution is -0.125. The fraction of sp³-hybridized carbons (Fsp3) is 0.500. The number of rotatable bonds is 4. The zero-order valence-electron chi connectivity index (χ0n) is 9.45. The first-order valence-corrected chi connectivity index (χ1v) is 5.10. The Kier molecular flexibility index (Phi) is 3.70. The van der Waals surface area contributed by atoms with Crippen LogP contribution in [-0.4, -0.2) is 23.0 Å². The lowest BCUT2D eigenvalue weighted by atomic mass is 9.86. The maximum Gasteiger partial charge on any atom is 0.225 e. The molecule has 0 aliphatic heterocycles. The summed E-state index contributed by atoms with van der Waals surface area (Å²) in [7, 11) is 1.49. The number of methoxy groups -OCH3 is 1. The predicted octanol–water partition coefficient (Wildman–Crippen LogP) is 1.19. The van der Waals surface area contributed by atoms with Crippen LogP contribution in [-0.2, 0) is 11.2 Å². The maximum atomic E-state index is 11.2. The third-order valence-electron chi connectivity index (χ3n) is 2.29. The van der Waals surface area contributed by atoms with Gasteiger partial charge in [0, 0.05) is 17.2 Å². The van der Waals surface area contributed by atoms with Crippen LogP contribution in [0.15, 0.2) is 6.20 Å². The van der Waals surface area contributed by atoms with Crippen molar-refractivity contribution in [2.45, 2.75) is 20.3 Å². The van der Waals surface area contributed by atoms with Gasteiger partial charge in [0.15, 0.2) is 0 Å². The van der Waals surface area contributed by atoms with Crippen molar-refractivity contribution in [3.8, 4) is 5.88 Å². The number of halogens is 1. The number of ether oxygens (including phenoxy) is 1. The molecular weight excluding hydrogens is 230 g/mol. The molecule has 0 spiro atoms. The first-order valence-electron chi connectivity index (χ1n) is 4.72. The van der Waals surface area contributed by atoms with Crippen molar-refractivity contribution in [2.24, 2.45) is 11.1 Å². The van der Waals surface area contributed by atoms with E-state index in [1.165, 1.54) is 7.11 Å². The van der Waals surface area contributed by atoms with Gasteiger partial charge in [0.05, 0.1) is 7.11 Å². The minimum atomic E-state index is -0.676. The van der Waals surface area contributed by atoms with E-state index in [9.17, 15) is 4.79 Å². The van der Waals surface area contributed by atoms with Gasteiger partial charge in [-0.1, -0.05) is 13.8 Å². The van der Waals surface area contributed by atoms with Crippen LogP contribution in [0.5, 0.6) is 5.88 Å². The minimum absolute atomic E-state index is 0.109. The normalized spacial score (nSPS) is 11.2. The fourth-order valence-corrected chi connectivity index (χ4v) is 1.36. The number of amides is 1. The van der Waals surface area contributed by atoms with Crippen LogP contribution < -0.4 is 10.5 Å². The number of hydrogen-bond donors (Lipinski definition) is 1. The Balaban J connectivity index is 3.01. The summed E-state index contributed by atoms with van der Waals surface area (Å²) in [5.41, 5.74) is 5.32. The molecule has 5 nitrogen and oxygen atoms in total. The van der Waals surface area contributed by atoms with E-state index >= 15 is 0 Å². The zero-order valence-corrected chi connectivity index (χ0v) is 10.2. The van der Waals surface area contributed by atoms with Gasteiger partial charge in [-0.05, 0) is 18.0 Å². The number of nitrogens with zero attached hydrogens (tertiary/aromatic N) is 2. The molecule has 0 unspecified atom stereocenters. The smallest absolute Gasteiger partial charge is 0.225 e. The number of nitrogens with two attached hydrogens (primary N) is 1. The molecule has 0 atom stereocenters. The summed E-state index contributed by atoms with van der Waals surface area (Å²) in [4.78, 5) is 19.0. The molecule has 1 aromatic rings. The van der Waals surface area contributed by atoms with E-state index in [1.54, 1.807) is 20.0 Å². The van der Waals surface area contributed by atoms with Gasteiger partial charge in [0.2, 0.25) is 17.1 Å². The van der Waals surface area contributed by atoms with E-state index in [4.69, 9.17) is 22.1 Å². The topological polar surface area (TPSA) is 78.1 Å². The average Bonchev–Trinajstić information content (AvgIpc) is 2.20. The van der Waals surface area contributed by atoms with Crippen molar-refractivity contribution in [3.05, 3.63) is 17.0 Å². The largest absolute Gasteiger partial charge is 0.481 e. The van der Waals surface area contributed by atoms with Gasteiger partial charge < -0.3 is 10.5 Å². The van der Waals surface area contributed by atoms with Crippen LogP contribution in [0.1, 0.15) is 19.4 Å². The predicted molar refractivity (Wildman–Crippen MR) is 60.3 cm³/mol. The average molecular weight is 244 g/mol. The summed E-state index contributed by atoms with van der Waals surface area (Å²) in [6.45, 7) is 3.51. The van der Waals surface area contributed by atoms with Crippen molar-refractivity contribution in [3.63, 3.8) is 0 Å². The molecule has 1 amide bonds. The van der Waals surface area contributed by atoms with E-state index in [1.807, 2.05) is 0 Å². The number of carbonyl (C=O) groups excluding carboxylic acids is 1. The summed E-state index contributed by atoms with van der Waals surface area (Å²) in [5.74, 6) is -0.0150. The second-order valence-electron chi connectivity index (χ2n) is 4.10. The Labute approximate surface area is 99.0 Å². The summed E-state index contributed by atoms with van der Waals surface area (Å²) < 4.78 is 5.06. The molecule has 1 heterocycles. The molecule has 0 aliphatic rings. The van der Waals surface area contributed by atoms with Crippen LogP contribution in [0.3, 0.4) is 0 Å². The molecule has 0 saturated heterocycles. The first-order chi connectivity index (χ1) is 7.36. The molecule has 2 N–H and O–H groups in total. The highest BCUT2D eigenvalue weighted by Crippen LogP contribution is 2.26. The van der Waals surface area contributed by atoms with Crippen LogP contribution in [0.4, 0.5) is 0 Å². The number of hydrogen-bond acceptors (Lipinski definition) is 4. The highest BCUT2D eigenvalue weighted by Gasteiger charge is 2.27. The second kappa shape index (κ2) is 4.65.